The molecule has 0 saturated carbocycles. The first kappa shape index (κ1) is 28.9. The predicted octanol–water partition coefficient (Wildman–Crippen LogP) is 12.3. The van der Waals surface area contributed by atoms with E-state index in [1.165, 1.54) is 35.0 Å². The van der Waals surface area contributed by atoms with Crippen LogP contribution in [0.5, 0.6) is 0 Å². The summed E-state index contributed by atoms with van der Waals surface area (Å²) in [5.74, 6) is 1.96. The van der Waals surface area contributed by atoms with E-state index in [9.17, 15) is 0 Å². The summed E-state index contributed by atoms with van der Waals surface area (Å²) in [6.45, 7) is 0. The van der Waals surface area contributed by atoms with Crippen LogP contribution in [0, 0.1) is 0 Å². The van der Waals surface area contributed by atoms with E-state index < -0.39 is 0 Å². The van der Waals surface area contributed by atoms with E-state index in [4.69, 9.17) is 19.9 Å². The lowest BCUT2D eigenvalue weighted by atomic mass is 9.99. The Morgan fingerprint density at radius 3 is 1.32 bits per heavy atom. The normalized spacial score (nSPS) is 11.6. The van der Waals surface area contributed by atoms with Crippen LogP contribution in [0.1, 0.15) is 0 Å². The molecule has 4 heterocycles. The molecule has 234 valence electrons. The fourth-order valence-electron chi connectivity index (χ4n) is 6.68. The van der Waals surface area contributed by atoms with Crippen molar-refractivity contribution < 1.29 is 0 Å². The van der Waals surface area contributed by atoms with Gasteiger partial charge in [-0.15, -0.1) is 22.7 Å². The Kier molecular flexibility index (Phi) is 6.82. The van der Waals surface area contributed by atoms with Gasteiger partial charge in [-0.25, -0.2) is 19.9 Å². The fraction of sp³-hybridized carbons (Fsp3) is 0. The zero-order valence-electron chi connectivity index (χ0n) is 26.6. The average Bonchev–Trinajstić information content (AvgIpc) is 3.77. The van der Waals surface area contributed by atoms with Gasteiger partial charge in [0.2, 0.25) is 0 Å². The Balaban J connectivity index is 1.04. The van der Waals surface area contributed by atoms with E-state index in [-0.39, 0.29) is 0 Å². The maximum absolute atomic E-state index is 5.39. The Bertz CT molecular complexity index is 2780. The van der Waals surface area contributed by atoms with Gasteiger partial charge in [-0.3, -0.25) is 0 Å². The number of benzene rings is 6. The SMILES string of the molecule is c1ccc(-c2nc(-c3ccccc3)nc(-c3ccc(-c4ccc(-c5nc6c7ccccc7sc6c6sc7ccccc7c56)cc4)cc3)n2)cc1. The van der Waals surface area contributed by atoms with E-state index in [2.05, 4.69) is 97.1 Å². The van der Waals surface area contributed by atoms with Gasteiger partial charge in [-0.05, 0) is 23.3 Å². The molecule has 0 bridgehead atoms. The highest BCUT2D eigenvalue weighted by atomic mass is 32.1. The maximum Gasteiger partial charge on any atom is 0.164 e. The minimum absolute atomic E-state index is 0.647. The second-order valence-corrected chi connectivity index (χ2v) is 14.3. The summed E-state index contributed by atoms with van der Waals surface area (Å²) in [4.78, 5) is 20.0. The Hall–Kier alpha value is -6.08. The van der Waals surface area contributed by atoms with Gasteiger partial charge in [-0.2, -0.15) is 0 Å². The highest BCUT2D eigenvalue weighted by Crippen LogP contribution is 2.47. The van der Waals surface area contributed by atoms with Crippen molar-refractivity contribution in [3.63, 3.8) is 0 Å². The highest BCUT2D eigenvalue weighted by molar-refractivity contribution is 7.33. The molecule has 0 amide bonds. The number of aromatic nitrogens is 4. The van der Waals surface area contributed by atoms with Crippen molar-refractivity contribution in [1.82, 2.24) is 19.9 Å². The molecule has 0 atom stereocenters. The van der Waals surface area contributed by atoms with Crippen LogP contribution in [0.3, 0.4) is 0 Å². The summed E-state index contributed by atoms with van der Waals surface area (Å²) in [6, 6.07) is 54.8. The minimum atomic E-state index is 0.647. The molecule has 50 heavy (non-hydrogen) atoms. The van der Waals surface area contributed by atoms with E-state index >= 15 is 0 Å². The first-order valence-electron chi connectivity index (χ1n) is 16.5. The number of hydrogen-bond donors (Lipinski definition) is 0. The Labute approximate surface area is 296 Å². The lowest BCUT2D eigenvalue weighted by Crippen LogP contribution is -2.00. The second-order valence-electron chi connectivity index (χ2n) is 12.2. The van der Waals surface area contributed by atoms with Crippen molar-refractivity contribution in [2.75, 3.05) is 0 Å². The van der Waals surface area contributed by atoms with Crippen molar-refractivity contribution in [3.8, 4) is 56.5 Å². The molecule has 0 fully saturated rings. The quantitative estimate of drug-likeness (QED) is 0.182. The van der Waals surface area contributed by atoms with Gasteiger partial charge in [0.05, 0.1) is 20.6 Å². The van der Waals surface area contributed by atoms with Gasteiger partial charge in [0.1, 0.15) is 0 Å². The van der Waals surface area contributed by atoms with Crippen molar-refractivity contribution in [2.24, 2.45) is 0 Å². The summed E-state index contributed by atoms with van der Waals surface area (Å²) in [5.41, 5.74) is 8.35. The van der Waals surface area contributed by atoms with Gasteiger partial charge in [0.25, 0.3) is 0 Å². The molecular formula is C44H26N4S2. The zero-order valence-corrected chi connectivity index (χ0v) is 28.2. The molecule has 0 spiro atoms. The Morgan fingerprint density at radius 1 is 0.320 bits per heavy atom. The molecule has 6 heteroatoms. The Morgan fingerprint density at radius 2 is 0.740 bits per heavy atom. The van der Waals surface area contributed by atoms with Crippen LogP contribution in [0.25, 0.3) is 97.0 Å². The first-order valence-corrected chi connectivity index (χ1v) is 18.1. The van der Waals surface area contributed by atoms with Crippen molar-refractivity contribution in [1.29, 1.82) is 0 Å². The third-order valence-corrected chi connectivity index (χ3v) is 11.7. The first-order chi connectivity index (χ1) is 24.8. The molecule has 6 aromatic carbocycles. The lowest BCUT2D eigenvalue weighted by Gasteiger charge is -2.10. The molecule has 0 saturated heterocycles. The second kappa shape index (κ2) is 11.8. The van der Waals surface area contributed by atoms with Crippen molar-refractivity contribution in [3.05, 3.63) is 158 Å². The van der Waals surface area contributed by atoms with Gasteiger partial charge in [0, 0.05) is 47.8 Å². The number of pyridine rings is 1. The number of rotatable bonds is 5. The fourth-order valence-corrected chi connectivity index (χ4v) is 9.17. The van der Waals surface area contributed by atoms with Crippen molar-refractivity contribution in [2.45, 2.75) is 0 Å². The van der Waals surface area contributed by atoms with Gasteiger partial charge in [-0.1, -0.05) is 146 Å². The number of fused-ring (bicyclic) bond motifs is 7. The van der Waals surface area contributed by atoms with E-state index in [1.807, 2.05) is 83.3 Å². The van der Waals surface area contributed by atoms with Crippen LogP contribution in [-0.4, -0.2) is 19.9 Å². The summed E-state index contributed by atoms with van der Waals surface area (Å²) in [6.07, 6.45) is 0. The summed E-state index contributed by atoms with van der Waals surface area (Å²) in [5, 5.41) is 3.72. The standard InChI is InChI=1S/C44H26N4S2/c1-3-11-30(12-4-1)42-46-43(31-13-5-2-6-14-31)48-44(47-42)32-25-21-28(22-26-32)27-19-23-29(24-20-27)38-37-33-15-7-9-17-35(33)49-40(37)41-39(45-38)34-16-8-10-18-36(34)50-41/h1-26H. The van der Waals surface area contributed by atoms with E-state index in [0.717, 1.165) is 44.6 Å². The smallest absolute Gasteiger partial charge is 0.164 e. The van der Waals surface area contributed by atoms with E-state index in [1.54, 1.807) is 0 Å². The minimum Gasteiger partial charge on any atom is -0.245 e. The van der Waals surface area contributed by atoms with Crippen LogP contribution in [-0.2, 0) is 0 Å². The monoisotopic (exact) mass is 674 g/mol. The zero-order chi connectivity index (χ0) is 33.0. The maximum atomic E-state index is 5.39. The molecule has 0 aliphatic heterocycles. The number of nitrogens with zero attached hydrogens (tertiary/aromatic N) is 4. The van der Waals surface area contributed by atoms with Gasteiger partial charge >= 0.3 is 0 Å². The molecule has 4 aromatic heterocycles. The lowest BCUT2D eigenvalue weighted by molar-refractivity contribution is 1.07. The van der Waals surface area contributed by atoms with Gasteiger partial charge < -0.3 is 0 Å². The van der Waals surface area contributed by atoms with Crippen LogP contribution in [0.4, 0.5) is 0 Å². The molecule has 0 aliphatic rings. The molecular weight excluding hydrogens is 649 g/mol. The van der Waals surface area contributed by atoms with Crippen LogP contribution >= 0.6 is 22.7 Å². The molecule has 0 unspecified atom stereocenters. The molecule has 10 aromatic rings. The number of hydrogen-bond acceptors (Lipinski definition) is 6. The van der Waals surface area contributed by atoms with Gasteiger partial charge in [0.15, 0.2) is 17.5 Å². The largest absolute Gasteiger partial charge is 0.245 e. The topological polar surface area (TPSA) is 51.6 Å². The third kappa shape index (κ3) is 4.88. The average molecular weight is 675 g/mol. The molecule has 0 aliphatic carbocycles. The predicted molar refractivity (Wildman–Crippen MR) is 211 cm³/mol. The molecule has 4 nitrogen and oxygen atoms in total. The van der Waals surface area contributed by atoms with Crippen LogP contribution in [0.2, 0.25) is 0 Å². The third-order valence-electron chi connectivity index (χ3n) is 9.17. The molecule has 10 rings (SSSR count). The highest BCUT2D eigenvalue weighted by Gasteiger charge is 2.19. The summed E-state index contributed by atoms with van der Waals surface area (Å²) in [7, 11) is 0. The molecule has 0 N–H and O–H groups in total. The number of thiophene rings is 2. The summed E-state index contributed by atoms with van der Waals surface area (Å²) >= 11 is 3.71. The summed E-state index contributed by atoms with van der Waals surface area (Å²) < 4.78 is 5.15. The van der Waals surface area contributed by atoms with Crippen molar-refractivity contribution >= 4 is 63.1 Å². The molecule has 0 radical (unpaired) electrons. The van der Waals surface area contributed by atoms with Crippen LogP contribution < -0.4 is 0 Å². The van der Waals surface area contributed by atoms with E-state index in [0.29, 0.717) is 17.5 Å². The van der Waals surface area contributed by atoms with Crippen LogP contribution in [0.15, 0.2) is 158 Å².